The third kappa shape index (κ3) is 3.95. The van der Waals surface area contributed by atoms with Gasteiger partial charge in [-0.1, -0.05) is 24.3 Å². The molecule has 0 spiro atoms. The molecule has 1 aliphatic rings. The number of carbonyl (C=O) groups is 1. The summed E-state index contributed by atoms with van der Waals surface area (Å²) in [5.41, 5.74) is 2.03. The Morgan fingerprint density at radius 1 is 1.29 bits per heavy atom. The van der Waals surface area contributed by atoms with Gasteiger partial charge in [0.15, 0.2) is 0 Å². The largest absolute Gasteiger partial charge is 0.488 e. The van der Waals surface area contributed by atoms with Gasteiger partial charge in [-0.05, 0) is 24.6 Å². The number of hydrogen-bond donors (Lipinski definition) is 2. The number of pyridine rings is 1. The van der Waals surface area contributed by atoms with Crippen molar-refractivity contribution < 1.29 is 14.3 Å². The molecule has 3 rings (SSSR count). The number of carbonyl (C=O) groups excluding carboxylic acids is 1. The molecule has 1 aromatic heterocycles. The van der Waals surface area contributed by atoms with Crippen LogP contribution >= 0.6 is 0 Å². The average Bonchev–Trinajstić information content (AvgIpc) is 3.02. The van der Waals surface area contributed by atoms with E-state index in [1.165, 1.54) is 5.56 Å². The first-order valence-corrected chi connectivity index (χ1v) is 8.09. The number of ether oxygens (including phenoxy) is 2. The molecule has 24 heavy (non-hydrogen) atoms. The standard InChI is InChI=1S/C18H21N3O3/c1-2-23-17-14(7-5-9-19-17)11-20-18(22)21-12-15-10-13-6-3-4-8-16(13)24-15/h3-9,15H,2,10-12H2,1H3,(H2,20,21,22)/t15-/m1/s1. The highest BCUT2D eigenvalue weighted by Crippen LogP contribution is 2.27. The van der Waals surface area contributed by atoms with Gasteiger partial charge >= 0.3 is 6.03 Å². The van der Waals surface area contributed by atoms with Crippen LogP contribution in [-0.4, -0.2) is 30.3 Å². The van der Waals surface area contributed by atoms with Gasteiger partial charge in [0.05, 0.1) is 13.2 Å². The van der Waals surface area contributed by atoms with Crippen LogP contribution in [0.5, 0.6) is 11.6 Å². The first kappa shape index (κ1) is 16.1. The number of aromatic nitrogens is 1. The van der Waals surface area contributed by atoms with Crippen molar-refractivity contribution in [3.8, 4) is 11.6 Å². The van der Waals surface area contributed by atoms with E-state index >= 15 is 0 Å². The minimum atomic E-state index is -0.235. The molecule has 2 aromatic rings. The second kappa shape index (κ2) is 7.68. The van der Waals surface area contributed by atoms with Gasteiger partial charge in [0, 0.05) is 24.7 Å². The summed E-state index contributed by atoms with van der Waals surface area (Å²) in [5.74, 6) is 1.45. The predicted molar refractivity (Wildman–Crippen MR) is 90.2 cm³/mol. The summed E-state index contributed by atoms with van der Waals surface area (Å²) in [7, 11) is 0. The van der Waals surface area contributed by atoms with E-state index in [1.54, 1.807) is 6.20 Å². The maximum atomic E-state index is 12.0. The molecular formula is C18H21N3O3. The van der Waals surface area contributed by atoms with Crippen LogP contribution in [0.2, 0.25) is 0 Å². The highest BCUT2D eigenvalue weighted by Gasteiger charge is 2.22. The van der Waals surface area contributed by atoms with E-state index < -0.39 is 0 Å². The van der Waals surface area contributed by atoms with Gasteiger partial charge in [0.1, 0.15) is 11.9 Å². The van der Waals surface area contributed by atoms with Crippen molar-refractivity contribution in [3.63, 3.8) is 0 Å². The Bertz CT molecular complexity index is 680. The summed E-state index contributed by atoms with van der Waals surface area (Å²) in [6, 6.07) is 11.4. The third-order valence-corrected chi connectivity index (χ3v) is 3.77. The van der Waals surface area contributed by atoms with E-state index in [9.17, 15) is 4.79 Å². The van der Waals surface area contributed by atoms with Gasteiger partial charge in [0.2, 0.25) is 5.88 Å². The zero-order valence-corrected chi connectivity index (χ0v) is 13.6. The topological polar surface area (TPSA) is 72.5 Å². The normalized spacial score (nSPS) is 15.3. The fourth-order valence-electron chi connectivity index (χ4n) is 2.64. The number of hydrogen-bond acceptors (Lipinski definition) is 4. The molecule has 0 saturated carbocycles. The molecule has 6 heteroatoms. The number of amides is 2. The summed E-state index contributed by atoms with van der Waals surface area (Å²) in [6.07, 6.45) is 2.46. The number of para-hydroxylation sites is 1. The molecule has 0 fully saturated rings. The molecule has 0 bridgehead atoms. The van der Waals surface area contributed by atoms with E-state index in [0.717, 1.165) is 17.7 Å². The van der Waals surface area contributed by atoms with Crippen LogP contribution in [0.25, 0.3) is 0 Å². The molecule has 0 saturated heterocycles. The Balaban J connectivity index is 1.44. The minimum Gasteiger partial charge on any atom is -0.488 e. The lowest BCUT2D eigenvalue weighted by molar-refractivity contribution is 0.213. The summed E-state index contributed by atoms with van der Waals surface area (Å²) < 4.78 is 11.2. The lowest BCUT2D eigenvalue weighted by Gasteiger charge is -2.13. The summed E-state index contributed by atoms with van der Waals surface area (Å²) in [4.78, 5) is 16.1. The highest BCUT2D eigenvalue weighted by atomic mass is 16.5. The molecule has 1 aliphatic heterocycles. The molecule has 1 atom stereocenters. The molecule has 2 heterocycles. The summed E-state index contributed by atoms with van der Waals surface area (Å²) >= 11 is 0. The number of rotatable bonds is 6. The van der Waals surface area contributed by atoms with Crippen LogP contribution in [0, 0.1) is 0 Å². The SMILES string of the molecule is CCOc1ncccc1CNC(=O)NC[C@H]1Cc2ccccc2O1. The number of nitrogens with zero attached hydrogens (tertiary/aromatic N) is 1. The van der Waals surface area contributed by atoms with Crippen molar-refractivity contribution in [2.45, 2.75) is 26.0 Å². The monoisotopic (exact) mass is 327 g/mol. The highest BCUT2D eigenvalue weighted by molar-refractivity contribution is 5.73. The van der Waals surface area contributed by atoms with Crippen LogP contribution < -0.4 is 20.1 Å². The fraction of sp³-hybridized carbons (Fsp3) is 0.333. The maximum absolute atomic E-state index is 12.0. The van der Waals surface area contributed by atoms with Crippen molar-refractivity contribution in [3.05, 3.63) is 53.7 Å². The number of benzene rings is 1. The van der Waals surface area contributed by atoms with E-state index in [-0.39, 0.29) is 12.1 Å². The molecule has 6 nitrogen and oxygen atoms in total. The summed E-state index contributed by atoms with van der Waals surface area (Å²) in [5, 5.41) is 5.66. The minimum absolute atomic E-state index is 0.0227. The Hall–Kier alpha value is -2.76. The molecule has 2 N–H and O–H groups in total. The van der Waals surface area contributed by atoms with Gasteiger partial charge in [-0.3, -0.25) is 0 Å². The lowest BCUT2D eigenvalue weighted by Crippen LogP contribution is -2.40. The second-order valence-corrected chi connectivity index (χ2v) is 5.52. The smallest absolute Gasteiger partial charge is 0.315 e. The Kier molecular flexibility index (Phi) is 5.15. The molecule has 0 aliphatic carbocycles. The Morgan fingerprint density at radius 2 is 2.17 bits per heavy atom. The van der Waals surface area contributed by atoms with Crippen LogP contribution in [0.4, 0.5) is 4.79 Å². The van der Waals surface area contributed by atoms with Gasteiger partial charge in [-0.25, -0.2) is 9.78 Å². The third-order valence-electron chi connectivity index (χ3n) is 3.77. The van der Waals surface area contributed by atoms with Gasteiger partial charge < -0.3 is 20.1 Å². The van der Waals surface area contributed by atoms with Crippen molar-refractivity contribution in [1.29, 1.82) is 0 Å². The molecular weight excluding hydrogens is 306 g/mol. The molecule has 0 unspecified atom stereocenters. The van der Waals surface area contributed by atoms with E-state index in [1.807, 2.05) is 43.3 Å². The predicted octanol–water partition coefficient (Wildman–Crippen LogP) is 2.28. The van der Waals surface area contributed by atoms with Gasteiger partial charge in [-0.15, -0.1) is 0 Å². The lowest BCUT2D eigenvalue weighted by atomic mass is 10.1. The van der Waals surface area contributed by atoms with Crippen LogP contribution in [0.3, 0.4) is 0 Å². The van der Waals surface area contributed by atoms with Crippen molar-refractivity contribution in [1.82, 2.24) is 15.6 Å². The van der Waals surface area contributed by atoms with E-state index in [2.05, 4.69) is 15.6 Å². The van der Waals surface area contributed by atoms with Crippen molar-refractivity contribution in [2.75, 3.05) is 13.2 Å². The number of nitrogens with one attached hydrogen (secondary N) is 2. The van der Waals surface area contributed by atoms with Gasteiger partial charge in [0.25, 0.3) is 0 Å². The maximum Gasteiger partial charge on any atom is 0.315 e. The Morgan fingerprint density at radius 3 is 3.00 bits per heavy atom. The van der Waals surface area contributed by atoms with Crippen LogP contribution in [-0.2, 0) is 13.0 Å². The molecule has 1 aromatic carbocycles. The first-order valence-electron chi connectivity index (χ1n) is 8.09. The first-order chi connectivity index (χ1) is 11.8. The van der Waals surface area contributed by atoms with Crippen LogP contribution in [0.1, 0.15) is 18.1 Å². The zero-order chi connectivity index (χ0) is 16.8. The number of urea groups is 1. The second-order valence-electron chi connectivity index (χ2n) is 5.52. The summed E-state index contributed by atoms with van der Waals surface area (Å²) in [6.45, 7) is 3.26. The Labute approximate surface area is 141 Å². The number of fused-ring (bicyclic) bond motifs is 1. The molecule has 0 radical (unpaired) electrons. The average molecular weight is 327 g/mol. The quantitative estimate of drug-likeness (QED) is 0.854. The van der Waals surface area contributed by atoms with Crippen molar-refractivity contribution in [2.24, 2.45) is 0 Å². The molecule has 126 valence electrons. The van der Waals surface area contributed by atoms with E-state index in [0.29, 0.717) is 25.6 Å². The zero-order valence-electron chi connectivity index (χ0n) is 13.6. The van der Waals surface area contributed by atoms with E-state index in [4.69, 9.17) is 9.47 Å². The molecule has 2 amide bonds. The van der Waals surface area contributed by atoms with Crippen molar-refractivity contribution >= 4 is 6.03 Å². The fourth-order valence-corrected chi connectivity index (χ4v) is 2.64. The van der Waals surface area contributed by atoms with Crippen LogP contribution in [0.15, 0.2) is 42.6 Å². The van der Waals surface area contributed by atoms with Gasteiger partial charge in [-0.2, -0.15) is 0 Å².